The molecule has 1 aliphatic carbocycles. The number of amides is 2. The minimum Gasteiger partial charge on any atom is -0.391 e. The van der Waals surface area contributed by atoms with Crippen LogP contribution in [-0.4, -0.2) is 50.2 Å². The molecule has 3 aromatic rings. The maximum absolute atomic E-state index is 14.4. The second-order valence-corrected chi connectivity index (χ2v) is 7.78. The SMILES string of the molecule is O=C1CC(c2cc(F)ccc2F)N(c2ccn3nc(F)c(NC(=O)N[C@@H]4C[C@H]4O)c3n2)C1. The van der Waals surface area contributed by atoms with E-state index >= 15 is 0 Å². The van der Waals surface area contributed by atoms with E-state index in [0.717, 1.165) is 22.7 Å². The van der Waals surface area contributed by atoms with Crippen molar-refractivity contribution in [2.24, 2.45) is 0 Å². The zero-order valence-corrected chi connectivity index (χ0v) is 16.4. The molecule has 5 rings (SSSR count). The summed E-state index contributed by atoms with van der Waals surface area (Å²) in [5.41, 5.74) is -0.319. The van der Waals surface area contributed by atoms with E-state index in [0.29, 0.717) is 6.42 Å². The van der Waals surface area contributed by atoms with E-state index in [1.807, 2.05) is 0 Å². The van der Waals surface area contributed by atoms with Crippen molar-refractivity contribution < 1.29 is 27.9 Å². The van der Waals surface area contributed by atoms with Gasteiger partial charge in [-0.25, -0.2) is 23.1 Å². The number of aromatic nitrogens is 3. The highest BCUT2D eigenvalue weighted by Crippen LogP contribution is 2.36. The Bertz CT molecular complexity index is 1250. The van der Waals surface area contributed by atoms with Crippen LogP contribution in [0.3, 0.4) is 0 Å². The molecule has 3 N–H and O–H groups in total. The molecule has 32 heavy (non-hydrogen) atoms. The number of carbonyl (C=O) groups excluding carboxylic acids is 2. The van der Waals surface area contributed by atoms with Crippen LogP contribution < -0.4 is 15.5 Å². The molecular weight excluding hydrogens is 429 g/mol. The van der Waals surface area contributed by atoms with Crippen molar-refractivity contribution in [1.29, 1.82) is 0 Å². The van der Waals surface area contributed by atoms with E-state index in [4.69, 9.17) is 0 Å². The normalized spacial score (nSPS) is 22.4. The number of nitrogens with zero attached hydrogens (tertiary/aromatic N) is 4. The van der Waals surface area contributed by atoms with Gasteiger partial charge < -0.3 is 20.6 Å². The predicted octanol–water partition coefficient (Wildman–Crippen LogP) is 1.92. The number of benzene rings is 1. The third-order valence-electron chi connectivity index (χ3n) is 5.49. The Hall–Kier alpha value is -3.67. The summed E-state index contributed by atoms with van der Waals surface area (Å²) in [6, 6.07) is 2.55. The lowest BCUT2D eigenvalue weighted by molar-refractivity contribution is -0.116. The average molecular weight is 446 g/mol. The predicted molar refractivity (Wildman–Crippen MR) is 106 cm³/mol. The maximum Gasteiger partial charge on any atom is 0.319 e. The molecule has 0 radical (unpaired) electrons. The number of hydrogen-bond acceptors (Lipinski definition) is 6. The summed E-state index contributed by atoms with van der Waals surface area (Å²) in [7, 11) is 0. The number of carbonyl (C=O) groups is 2. The molecule has 1 saturated heterocycles. The van der Waals surface area contributed by atoms with E-state index < -0.39 is 41.8 Å². The lowest BCUT2D eigenvalue weighted by Crippen LogP contribution is -2.32. The zero-order chi connectivity index (χ0) is 22.6. The summed E-state index contributed by atoms with van der Waals surface area (Å²) in [5, 5.41) is 17.8. The summed E-state index contributed by atoms with van der Waals surface area (Å²) < 4.78 is 43.6. The molecule has 2 amide bonds. The molecule has 2 fully saturated rings. The van der Waals surface area contributed by atoms with Gasteiger partial charge in [-0.2, -0.15) is 4.39 Å². The Kier molecular flexibility index (Phi) is 4.73. The Morgan fingerprint density at radius 3 is 2.75 bits per heavy atom. The van der Waals surface area contributed by atoms with Crippen molar-refractivity contribution in [3.8, 4) is 0 Å². The third kappa shape index (κ3) is 3.62. The number of aliphatic hydroxyl groups excluding tert-OH is 1. The van der Waals surface area contributed by atoms with Gasteiger partial charge in [-0.3, -0.25) is 4.79 Å². The zero-order valence-electron chi connectivity index (χ0n) is 16.4. The standard InChI is InChI=1S/C20H17F3N6O3/c21-9-1-2-12(22)11(5-9)14-6-10(30)8-28(14)16-3-4-29-19(25-16)17(18(23)27-29)26-20(32)24-13-7-15(13)31/h1-5,13-15,31H,6-8H2,(H2,24,26,32)/t13-,14?,15-/m1/s1. The van der Waals surface area contributed by atoms with Crippen LogP contribution in [0.1, 0.15) is 24.4 Å². The Morgan fingerprint density at radius 1 is 1.22 bits per heavy atom. The fourth-order valence-electron chi connectivity index (χ4n) is 3.79. The fourth-order valence-corrected chi connectivity index (χ4v) is 3.79. The van der Waals surface area contributed by atoms with E-state index in [1.165, 1.54) is 17.2 Å². The van der Waals surface area contributed by atoms with E-state index in [9.17, 15) is 27.9 Å². The van der Waals surface area contributed by atoms with E-state index in [1.54, 1.807) is 0 Å². The van der Waals surface area contributed by atoms with E-state index in [2.05, 4.69) is 20.7 Å². The highest BCUT2D eigenvalue weighted by Gasteiger charge is 2.37. The first-order valence-electron chi connectivity index (χ1n) is 9.84. The van der Waals surface area contributed by atoms with Crippen LogP contribution in [-0.2, 0) is 4.79 Å². The van der Waals surface area contributed by atoms with Crippen LogP contribution in [0.2, 0.25) is 0 Å². The number of ketones is 1. The topological polar surface area (TPSA) is 112 Å². The molecule has 2 aliphatic rings. The van der Waals surface area contributed by atoms with Crippen molar-refractivity contribution in [2.45, 2.75) is 31.0 Å². The Balaban J connectivity index is 1.48. The van der Waals surface area contributed by atoms with Crippen LogP contribution >= 0.6 is 0 Å². The second-order valence-electron chi connectivity index (χ2n) is 7.78. The number of rotatable bonds is 4. The summed E-state index contributed by atoms with van der Waals surface area (Å²) in [6.07, 6.45) is 1.12. The number of hydrogen-bond donors (Lipinski definition) is 3. The van der Waals surface area contributed by atoms with E-state index in [-0.39, 0.29) is 41.5 Å². The lowest BCUT2D eigenvalue weighted by atomic mass is 10.0. The van der Waals surface area contributed by atoms with Gasteiger partial charge in [0.1, 0.15) is 23.1 Å². The van der Waals surface area contributed by atoms with Gasteiger partial charge >= 0.3 is 6.03 Å². The molecule has 1 aromatic carbocycles. The molecule has 0 bridgehead atoms. The van der Waals surface area contributed by atoms with Gasteiger partial charge in [-0.05, 0) is 30.7 Å². The van der Waals surface area contributed by atoms with Crippen LogP contribution in [0.5, 0.6) is 0 Å². The number of fused-ring (bicyclic) bond motifs is 1. The monoisotopic (exact) mass is 446 g/mol. The van der Waals surface area contributed by atoms with Crippen molar-refractivity contribution in [3.05, 3.63) is 53.6 Å². The number of nitrogens with one attached hydrogen (secondary N) is 2. The largest absolute Gasteiger partial charge is 0.391 e. The number of halogens is 3. The van der Waals surface area contributed by atoms with Crippen molar-refractivity contribution in [2.75, 3.05) is 16.8 Å². The van der Waals surface area contributed by atoms with Gasteiger partial charge in [0.05, 0.1) is 24.7 Å². The first kappa shape index (κ1) is 20.2. The first-order valence-corrected chi connectivity index (χ1v) is 9.84. The van der Waals surface area contributed by atoms with Gasteiger partial charge in [0, 0.05) is 18.2 Å². The molecule has 9 nitrogen and oxygen atoms in total. The highest BCUT2D eigenvalue weighted by molar-refractivity contribution is 5.94. The van der Waals surface area contributed by atoms with Gasteiger partial charge in [0.15, 0.2) is 11.4 Å². The molecular formula is C20H17F3N6O3. The van der Waals surface area contributed by atoms with Gasteiger partial charge in [-0.1, -0.05) is 0 Å². The number of Topliss-reactive ketones (excluding diaryl/α,β-unsaturated/α-hetero) is 1. The molecule has 166 valence electrons. The van der Waals surface area contributed by atoms with Crippen LogP contribution in [0.4, 0.5) is 29.5 Å². The quantitative estimate of drug-likeness (QED) is 0.565. The molecule has 3 atom stereocenters. The number of anilines is 2. The fraction of sp³-hybridized carbons (Fsp3) is 0.300. The lowest BCUT2D eigenvalue weighted by Gasteiger charge is -2.25. The van der Waals surface area contributed by atoms with Gasteiger partial charge in [-0.15, -0.1) is 5.10 Å². The molecule has 2 aromatic heterocycles. The molecule has 12 heteroatoms. The van der Waals surface area contributed by atoms with Gasteiger partial charge in [0.2, 0.25) is 0 Å². The Labute approximate surface area is 178 Å². The number of aliphatic hydroxyl groups is 1. The summed E-state index contributed by atoms with van der Waals surface area (Å²) in [4.78, 5) is 30.1. The molecule has 1 unspecified atom stereocenters. The van der Waals surface area contributed by atoms with Crippen LogP contribution in [0.25, 0.3) is 5.65 Å². The summed E-state index contributed by atoms with van der Waals surface area (Å²) in [5.74, 6) is -2.26. The second kappa shape index (κ2) is 7.48. The van der Waals surface area contributed by atoms with Gasteiger partial charge in [0.25, 0.3) is 5.95 Å². The van der Waals surface area contributed by atoms with Crippen molar-refractivity contribution in [1.82, 2.24) is 19.9 Å². The Morgan fingerprint density at radius 2 is 2.00 bits per heavy atom. The third-order valence-corrected chi connectivity index (χ3v) is 5.49. The molecule has 1 saturated carbocycles. The van der Waals surface area contributed by atoms with Crippen LogP contribution in [0, 0.1) is 17.6 Å². The minimum atomic E-state index is -0.980. The average Bonchev–Trinajstić information content (AvgIpc) is 3.15. The highest BCUT2D eigenvalue weighted by atomic mass is 19.1. The molecule has 1 aliphatic heterocycles. The smallest absolute Gasteiger partial charge is 0.319 e. The van der Waals surface area contributed by atoms with Crippen LogP contribution in [0.15, 0.2) is 30.5 Å². The van der Waals surface area contributed by atoms with Crippen molar-refractivity contribution in [3.63, 3.8) is 0 Å². The van der Waals surface area contributed by atoms with Crippen molar-refractivity contribution >= 4 is 29.0 Å². The maximum atomic E-state index is 14.4. The number of urea groups is 1. The summed E-state index contributed by atoms with van der Waals surface area (Å²) in [6.45, 7) is -0.0940. The minimum absolute atomic E-state index is 0.0120. The first-order chi connectivity index (χ1) is 15.3. The molecule has 3 heterocycles. The summed E-state index contributed by atoms with van der Waals surface area (Å²) >= 11 is 0. The molecule has 0 spiro atoms.